The normalized spacial score (nSPS) is 17.4. The number of Topliss-reactive ketones (excluding diaryl/α,β-unsaturated/α-hetero) is 2. The molecule has 27 heavy (non-hydrogen) atoms. The second-order valence-electron chi connectivity index (χ2n) is 6.45. The number of halogens is 2. The molecule has 2 aromatic rings. The smallest absolute Gasteiger partial charge is 0.253 e. The van der Waals surface area contributed by atoms with E-state index in [0.717, 1.165) is 5.69 Å². The fourth-order valence-electron chi connectivity index (χ4n) is 3.55. The van der Waals surface area contributed by atoms with Gasteiger partial charge in [-0.25, -0.2) is 0 Å². The number of benzene rings is 2. The fraction of sp³-hybridized carbons (Fsp3) is 0.200. The maximum absolute atomic E-state index is 12.6. The van der Waals surface area contributed by atoms with Gasteiger partial charge in [-0.2, -0.15) is 0 Å². The predicted molar refractivity (Wildman–Crippen MR) is 106 cm³/mol. The van der Waals surface area contributed by atoms with E-state index in [2.05, 4.69) is 4.90 Å². The van der Waals surface area contributed by atoms with Gasteiger partial charge in [0.25, 0.3) is 5.78 Å². The van der Waals surface area contributed by atoms with E-state index in [1.165, 1.54) is 0 Å². The summed E-state index contributed by atoms with van der Waals surface area (Å²) in [6, 6.07) is 12.1. The number of hydrogen-bond acceptors (Lipinski definition) is 5. The summed E-state index contributed by atoms with van der Waals surface area (Å²) in [7, 11) is 0. The van der Waals surface area contributed by atoms with Gasteiger partial charge in [-0.15, -0.1) is 0 Å². The molecule has 1 aliphatic carbocycles. The van der Waals surface area contributed by atoms with Crippen LogP contribution in [0.3, 0.4) is 0 Å². The molecule has 2 aromatic carbocycles. The highest BCUT2D eigenvalue weighted by atomic mass is 35.5. The molecule has 5 nitrogen and oxygen atoms in total. The number of allylic oxidation sites excluding steroid dienone is 1. The van der Waals surface area contributed by atoms with Gasteiger partial charge in [0.05, 0.1) is 15.7 Å². The van der Waals surface area contributed by atoms with Crippen LogP contribution in [0.15, 0.2) is 48.2 Å². The molecule has 0 aromatic heterocycles. The summed E-state index contributed by atoms with van der Waals surface area (Å²) in [5.74, 6) is -1.39. The van der Waals surface area contributed by atoms with E-state index in [1.54, 1.807) is 35.2 Å². The molecule has 0 bridgehead atoms. The van der Waals surface area contributed by atoms with Crippen molar-refractivity contribution in [2.45, 2.75) is 0 Å². The van der Waals surface area contributed by atoms with Crippen molar-refractivity contribution < 1.29 is 14.7 Å². The van der Waals surface area contributed by atoms with Gasteiger partial charge < -0.3 is 14.9 Å². The van der Waals surface area contributed by atoms with E-state index in [4.69, 9.17) is 23.2 Å². The number of anilines is 1. The molecular weight excluding hydrogens is 387 g/mol. The van der Waals surface area contributed by atoms with E-state index in [1.807, 2.05) is 12.1 Å². The standard InChI is InChI=1S/C20H16Cl2N2O3/c21-14-6-3-7-15(16(14)22)23-8-10-24(11-9-23)17-18(25)12-4-1-2-5-13(12)19(26)20(17)27/h1-7,25H,8-11H2. The lowest BCUT2D eigenvalue weighted by atomic mass is 9.91. The number of piperazine rings is 1. The van der Waals surface area contributed by atoms with Crippen LogP contribution >= 0.6 is 23.2 Å². The van der Waals surface area contributed by atoms with Crippen molar-refractivity contribution in [3.63, 3.8) is 0 Å². The molecular formula is C20H16Cl2N2O3. The Morgan fingerprint density at radius 3 is 2.11 bits per heavy atom. The molecule has 1 aliphatic heterocycles. The molecule has 1 fully saturated rings. The molecule has 2 aliphatic rings. The first-order valence-electron chi connectivity index (χ1n) is 8.54. The SMILES string of the molecule is O=C1C(=O)c2ccccc2C(O)=C1N1CCN(c2cccc(Cl)c2Cl)CC1. The molecule has 7 heteroatoms. The van der Waals surface area contributed by atoms with Crippen LogP contribution in [0.1, 0.15) is 15.9 Å². The molecule has 4 rings (SSSR count). The summed E-state index contributed by atoms with van der Waals surface area (Å²) in [6.07, 6.45) is 0. The zero-order valence-corrected chi connectivity index (χ0v) is 15.8. The third kappa shape index (κ3) is 2.97. The number of ketones is 2. The van der Waals surface area contributed by atoms with E-state index >= 15 is 0 Å². The molecule has 1 heterocycles. The Morgan fingerprint density at radius 2 is 1.41 bits per heavy atom. The van der Waals surface area contributed by atoms with Crippen LogP contribution in [0, 0.1) is 0 Å². The van der Waals surface area contributed by atoms with Crippen molar-refractivity contribution in [2.75, 3.05) is 31.1 Å². The van der Waals surface area contributed by atoms with Gasteiger partial charge in [0.1, 0.15) is 5.70 Å². The zero-order chi connectivity index (χ0) is 19.1. The maximum atomic E-state index is 12.6. The Labute approximate surface area is 166 Å². The van der Waals surface area contributed by atoms with Crippen molar-refractivity contribution in [3.05, 3.63) is 69.3 Å². The van der Waals surface area contributed by atoms with Crippen LogP contribution < -0.4 is 4.90 Å². The van der Waals surface area contributed by atoms with Gasteiger partial charge in [-0.3, -0.25) is 9.59 Å². The molecule has 0 saturated carbocycles. The Morgan fingerprint density at radius 1 is 0.778 bits per heavy atom. The van der Waals surface area contributed by atoms with Crippen LogP contribution in [-0.2, 0) is 4.79 Å². The number of nitrogens with zero attached hydrogens (tertiary/aromatic N) is 2. The Bertz CT molecular complexity index is 979. The lowest BCUT2D eigenvalue weighted by Crippen LogP contribution is -2.48. The van der Waals surface area contributed by atoms with Crippen molar-refractivity contribution in [1.82, 2.24) is 4.90 Å². The van der Waals surface area contributed by atoms with Gasteiger partial charge >= 0.3 is 0 Å². The lowest BCUT2D eigenvalue weighted by molar-refractivity contribution is -0.113. The average Bonchev–Trinajstić information content (AvgIpc) is 2.69. The van der Waals surface area contributed by atoms with E-state index in [-0.39, 0.29) is 17.0 Å². The van der Waals surface area contributed by atoms with Gasteiger partial charge in [0, 0.05) is 37.3 Å². The van der Waals surface area contributed by atoms with Crippen molar-refractivity contribution in [2.24, 2.45) is 0 Å². The Kier molecular flexibility index (Phi) is 4.58. The Hall–Kier alpha value is -2.50. The summed E-state index contributed by atoms with van der Waals surface area (Å²) in [4.78, 5) is 28.8. The van der Waals surface area contributed by atoms with Crippen molar-refractivity contribution in [3.8, 4) is 0 Å². The van der Waals surface area contributed by atoms with Gasteiger partial charge in [0.2, 0.25) is 5.78 Å². The van der Waals surface area contributed by atoms with E-state index in [0.29, 0.717) is 41.8 Å². The topological polar surface area (TPSA) is 60.9 Å². The highest BCUT2D eigenvalue weighted by molar-refractivity contribution is 6.52. The average molecular weight is 403 g/mol. The van der Waals surface area contributed by atoms with E-state index < -0.39 is 11.6 Å². The first-order chi connectivity index (χ1) is 13.0. The third-order valence-corrected chi connectivity index (χ3v) is 5.75. The van der Waals surface area contributed by atoms with Crippen LogP contribution in [0.25, 0.3) is 5.76 Å². The highest BCUT2D eigenvalue weighted by Gasteiger charge is 2.36. The van der Waals surface area contributed by atoms with Crippen molar-refractivity contribution in [1.29, 1.82) is 0 Å². The molecule has 138 valence electrons. The molecule has 0 radical (unpaired) electrons. The maximum Gasteiger partial charge on any atom is 0.253 e. The minimum Gasteiger partial charge on any atom is -0.505 e. The molecule has 0 atom stereocenters. The first-order valence-corrected chi connectivity index (χ1v) is 9.30. The zero-order valence-electron chi connectivity index (χ0n) is 14.3. The second kappa shape index (κ2) is 6.91. The van der Waals surface area contributed by atoms with Crippen LogP contribution in [0.5, 0.6) is 0 Å². The highest BCUT2D eigenvalue weighted by Crippen LogP contribution is 2.34. The monoisotopic (exact) mass is 402 g/mol. The molecule has 0 unspecified atom stereocenters. The van der Waals surface area contributed by atoms with Crippen LogP contribution in [-0.4, -0.2) is 47.8 Å². The quantitative estimate of drug-likeness (QED) is 0.773. The first kappa shape index (κ1) is 17.9. The van der Waals surface area contributed by atoms with Gasteiger partial charge in [-0.1, -0.05) is 53.5 Å². The molecule has 1 saturated heterocycles. The number of aliphatic hydroxyl groups is 1. The van der Waals surface area contributed by atoms with E-state index in [9.17, 15) is 14.7 Å². The van der Waals surface area contributed by atoms with Crippen LogP contribution in [0.4, 0.5) is 5.69 Å². The van der Waals surface area contributed by atoms with Gasteiger partial charge in [-0.05, 0) is 12.1 Å². The number of aliphatic hydroxyl groups excluding tert-OH is 1. The summed E-state index contributed by atoms with van der Waals surface area (Å²) in [5.41, 5.74) is 1.56. The number of carbonyl (C=O) groups is 2. The summed E-state index contributed by atoms with van der Waals surface area (Å²) in [5, 5.41) is 11.6. The summed E-state index contributed by atoms with van der Waals surface area (Å²) < 4.78 is 0. The number of rotatable bonds is 2. The van der Waals surface area contributed by atoms with Crippen molar-refractivity contribution >= 4 is 46.2 Å². The minimum atomic E-state index is -0.666. The third-order valence-electron chi connectivity index (χ3n) is 4.94. The minimum absolute atomic E-state index is 0.0792. The lowest BCUT2D eigenvalue weighted by Gasteiger charge is -2.39. The number of hydrogen-bond donors (Lipinski definition) is 1. The number of fused-ring (bicyclic) bond motifs is 1. The summed E-state index contributed by atoms with van der Waals surface area (Å²) >= 11 is 12.4. The van der Waals surface area contributed by atoms with Crippen LogP contribution in [0.2, 0.25) is 10.0 Å². The second-order valence-corrected chi connectivity index (χ2v) is 7.23. The number of carbonyl (C=O) groups excluding carboxylic acids is 2. The molecule has 0 spiro atoms. The Balaban J connectivity index is 1.60. The largest absolute Gasteiger partial charge is 0.505 e. The van der Waals surface area contributed by atoms with Gasteiger partial charge in [0.15, 0.2) is 5.76 Å². The predicted octanol–water partition coefficient (Wildman–Crippen LogP) is 3.81. The molecule has 1 N–H and O–H groups in total. The summed E-state index contributed by atoms with van der Waals surface area (Å²) in [6.45, 7) is 2.12. The fourth-order valence-corrected chi connectivity index (χ4v) is 3.97. The molecule has 0 amide bonds.